The lowest BCUT2D eigenvalue weighted by Gasteiger charge is -2.49. The van der Waals surface area contributed by atoms with Gasteiger partial charge in [-0.05, 0) is 56.4 Å². The van der Waals surface area contributed by atoms with Crippen LogP contribution in [0.2, 0.25) is 0 Å². The van der Waals surface area contributed by atoms with E-state index in [0.717, 1.165) is 36.3 Å². The van der Waals surface area contributed by atoms with Crippen LogP contribution in [0.15, 0.2) is 28.4 Å². The molecule has 9 heteroatoms. The molecule has 1 saturated carbocycles. The van der Waals surface area contributed by atoms with E-state index in [1.807, 2.05) is 18.4 Å². The molecule has 0 aromatic rings. The molecule has 7 unspecified atom stereocenters. The van der Waals surface area contributed by atoms with Gasteiger partial charge in [-0.3, -0.25) is 4.99 Å². The number of fused-ring (bicyclic) bond motifs is 1. The number of hydrogen-bond donors (Lipinski definition) is 5. The minimum absolute atomic E-state index is 0.0123. The van der Waals surface area contributed by atoms with Crippen molar-refractivity contribution < 1.29 is 35.0 Å². The molecule has 3 rings (SSSR count). The fourth-order valence-corrected chi connectivity index (χ4v) is 7.13. The second-order valence-corrected chi connectivity index (χ2v) is 12.8. The number of allylic oxidation sites excluding steroid dienone is 2. The van der Waals surface area contributed by atoms with Gasteiger partial charge in [-0.25, -0.2) is 0 Å². The fourth-order valence-electron chi connectivity index (χ4n) is 5.44. The smallest absolute Gasteiger partial charge is 0.183 e. The molecular weight excluding hydrogens is 470 g/mol. The second kappa shape index (κ2) is 11.3. The van der Waals surface area contributed by atoms with Gasteiger partial charge in [-0.2, -0.15) is 0 Å². The molecule has 2 fully saturated rings. The zero-order chi connectivity index (χ0) is 26.0. The molecule has 3 aliphatic rings. The van der Waals surface area contributed by atoms with E-state index in [1.165, 1.54) is 11.8 Å². The first-order valence-electron chi connectivity index (χ1n) is 12.5. The Balaban J connectivity index is 1.45. The highest BCUT2D eigenvalue weighted by molar-refractivity contribution is 7.99. The molecule has 5 N–H and O–H groups in total. The van der Waals surface area contributed by atoms with E-state index in [2.05, 4.69) is 32.7 Å². The van der Waals surface area contributed by atoms with Crippen molar-refractivity contribution in [3.63, 3.8) is 0 Å². The van der Waals surface area contributed by atoms with E-state index >= 15 is 0 Å². The van der Waals surface area contributed by atoms with Gasteiger partial charge < -0.3 is 35.0 Å². The molecule has 8 nitrogen and oxygen atoms in total. The molecule has 1 aliphatic carbocycles. The number of ether oxygens (including phenoxy) is 2. The van der Waals surface area contributed by atoms with Crippen molar-refractivity contribution in [1.29, 1.82) is 0 Å². The summed E-state index contributed by atoms with van der Waals surface area (Å²) in [6.07, 6.45) is 6.14. The minimum Gasteiger partial charge on any atom is -0.396 e. The summed E-state index contributed by atoms with van der Waals surface area (Å²) >= 11 is 1.53. The van der Waals surface area contributed by atoms with Gasteiger partial charge in [0.25, 0.3) is 0 Å². The minimum atomic E-state index is -1.65. The SMILES string of the molecule is CC(O)CC1=CC=C(COC(C)(C)CC(C)(C)CCSC2OC3(O)C(CO)C(O)C(O)C23)CC=N1. The first kappa shape index (κ1) is 28.8. The van der Waals surface area contributed by atoms with Crippen molar-refractivity contribution in [1.82, 2.24) is 0 Å². The Labute approximate surface area is 213 Å². The van der Waals surface area contributed by atoms with Crippen molar-refractivity contribution in [2.45, 2.75) is 95.4 Å². The molecule has 2 aliphatic heterocycles. The lowest BCUT2D eigenvalue weighted by atomic mass is 9.79. The summed E-state index contributed by atoms with van der Waals surface area (Å²) in [7, 11) is 0. The van der Waals surface area contributed by atoms with Crippen LogP contribution in [0.4, 0.5) is 0 Å². The lowest BCUT2D eigenvalue weighted by Crippen LogP contribution is -2.61. The molecular formula is C26H43NO7S. The maximum Gasteiger partial charge on any atom is 0.183 e. The van der Waals surface area contributed by atoms with Gasteiger partial charge in [0.15, 0.2) is 5.79 Å². The van der Waals surface area contributed by atoms with Crippen LogP contribution in [0.3, 0.4) is 0 Å². The highest BCUT2D eigenvalue weighted by Gasteiger charge is 2.70. The molecule has 35 heavy (non-hydrogen) atoms. The highest BCUT2D eigenvalue weighted by Crippen LogP contribution is 2.56. The van der Waals surface area contributed by atoms with Crippen LogP contribution in [0.1, 0.15) is 60.3 Å². The van der Waals surface area contributed by atoms with Crippen LogP contribution in [0, 0.1) is 17.3 Å². The van der Waals surface area contributed by atoms with Crippen LogP contribution in [-0.2, 0) is 9.47 Å². The average Bonchev–Trinajstić information content (AvgIpc) is 2.88. The van der Waals surface area contributed by atoms with Crippen molar-refractivity contribution in [2.75, 3.05) is 19.0 Å². The summed E-state index contributed by atoms with van der Waals surface area (Å²) in [5.41, 5.74) is 1.26. The van der Waals surface area contributed by atoms with Gasteiger partial charge in [0.2, 0.25) is 0 Å². The number of aliphatic hydroxyl groups is 5. The molecule has 0 spiro atoms. The Morgan fingerprint density at radius 1 is 1.23 bits per heavy atom. The summed E-state index contributed by atoms with van der Waals surface area (Å²) in [6.45, 7) is 10.4. The number of aliphatic hydroxyl groups excluding tert-OH is 4. The summed E-state index contributed by atoms with van der Waals surface area (Å²) in [6, 6.07) is 0. The third-order valence-corrected chi connectivity index (χ3v) is 8.33. The maximum atomic E-state index is 10.6. The van der Waals surface area contributed by atoms with E-state index < -0.39 is 48.0 Å². The predicted octanol–water partition coefficient (Wildman–Crippen LogP) is 2.38. The Hall–Kier alpha value is -0.780. The van der Waals surface area contributed by atoms with E-state index in [9.17, 15) is 25.5 Å². The van der Waals surface area contributed by atoms with E-state index in [-0.39, 0.29) is 11.0 Å². The number of thioether (sulfide) groups is 1. The van der Waals surface area contributed by atoms with Crippen molar-refractivity contribution in [2.24, 2.45) is 22.2 Å². The Morgan fingerprint density at radius 2 is 1.94 bits per heavy atom. The first-order chi connectivity index (χ1) is 16.3. The number of nitrogens with zero attached hydrogens (tertiary/aromatic N) is 1. The van der Waals surface area contributed by atoms with Crippen molar-refractivity contribution in [3.8, 4) is 0 Å². The quantitative estimate of drug-likeness (QED) is 0.269. The van der Waals surface area contributed by atoms with Gasteiger partial charge in [-0.1, -0.05) is 19.9 Å². The number of aliphatic imine (C=N–C) groups is 1. The monoisotopic (exact) mass is 513 g/mol. The largest absolute Gasteiger partial charge is 0.396 e. The van der Waals surface area contributed by atoms with Crippen LogP contribution in [0.25, 0.3) is 0 Å². The molecule has 0 aromatic heterocycles. The van der Waals surface area contributed by atoms with Crippen molar-refractivity contribution in [3.05, 3.63) is 23.4 Å². The second-order valence-electron chi connectivity index (χ2n) is 11.6. The van der Waals surface area contributed by atoms with Gasteiger partial charge >= 0.3 is 0 Å². The van der Waals surface area contributed by atoms with Crippen LogP contribution in [-0.4, -0.2) is 85.8 Å². The number of hydrogen-bond acceptors (Lipinski definition) is 9. The average molecular weight is 514 g/mol. The fraction of sp³-hybridized carbons (Fsp3) is 0.808. The molecule has 7 atom stereocenters. The molecule has 0 bridgehead atoms. The van der Waals surface area contributed by atoms with Gasteiger partial charge in [0.05, 0.1) is 49.0 Å². The van der Waals surface area contributed by atoms with Gasteiger partial charge in [0.1, 0.15) is 5.44 Å². The van der Waals surface area contributed by atoms with Crippen molar-refractivity contribution >= 4 is 18.0 Å². The Kier molecular flexibility index (Phi) is 9.30. The van der Waals surface area contributed by atoms with E-state index in [0.29, 0.717) is 13.0 Å². The highest BCUT2D eigenvalue weighted by atomic mass is 32.2. The maximum absolute atomic E-state index is 10.6. The first-order valence-corrected chi connectivity index (χ1v) is 13.5. The molecule has 0 aromatic carbocycles. The van der Waals surface area contributed by atoms with Gasteiger partial charge in [-0.15, -0.1) is 11.8 Å². The summed E-state index contributed by atoms with van der Waals surface area (Å²) < 4.78 is 11.9. The van der Waals surface area contributed by atoms with Gasteiger partial charge in [0, 0.05) is 24.8 Å². The summed E-state index contributed by atoms with van der Waals surface area (Å²) in [4.78, 5) is 4.42. The summed E-state index contributed by atoms with van der Waals surface area (Å²) in [5.74, 6) is -2.37. The number of rotatable bonds is 12. The normalized spacial score (nSPS) is 34.1. The summed E-state index contributed by atoms with van der Waals surface area (Å²) in [5, 5.41) is 50.1. The Morgan fingerprint density at radius 3 is 2.60 bits per heavy atom. The topological polar surface area (TPSA) is 132 Å². The third-order valence-electron chi connectivity index (χ3n) is 7.17. The molecule has 2 heterocycles. The lowest BCUT2D eigenvalue weighted by molar-refractivity contribution is -0.355. The standard InChI is InChI=1S/C26H43NO7S/c1-16(29)12-18-7-6-17(8-10-27-18)14-33-25(4,5)15-24(2,3)9-11-35-23-20-22(31)21(30)19(13-28)26(20,32)34-23/h6-7,10,16,19-23,28-32H,8-9,11-15H2,1-5H3. The Bertz CT molecular complexity index is 825. The van der Waals surface area contributed by atoms with Crippen LogP contribution < -0.4 is 0 Å². The third kappa shape index (κ3) is 6.96. The molecule has 200 valence electrons. The van der Waals surface area contributed by atoms with E-state index in [1.54, 1.807) is 6.92 Å². The van der Waals surface area contributed by atoms with Crippen LogP contribution in [0.5, 0.6) is 0 Å². The van der Waals surface area contributed by atoms with Crippen LogP contribution >= 0.6 is 11.8 Å². The zero-order valence-electron chi connectivity index (χ0n) is 21.6. The zero-order valence-corrected chi connectivity index (χ0v) is 22.4. The predicted molar refractivity (Wildman–Crippen MR) is 137 cm³/mol. The molecule has 0 amide bonds. The molecule has 1 saturated heterocycles. The molecule has 0 radical (unpaired) electrons. The van der Waals surface area contributed by atoms with E-state index in [4.69, 9.17) is 9.47 Å².